The number of halogens is 5. The number of hydrogen-bond donors (Lipinski definition) is 1. The smallest absolute Gasteiger partial charge is 0.392 e. The monoisotopic (exact) mass is 503 g/mol. The largest absolute Gasteiger partial charge is 0.466 e. The van der Waals surface area contributed by atoms with Crippen molar-refractivity contribution in [3.63, 3.8) is 0 Å². The minimum absolute atomic E-state index is 0.172. The van der Waals surface area contributed by atoms with Crippen LogP contribution in [0.25, 0.3) is 0 Å². The molecule has 9 heteroatoms. The highest BCUT2D eigenvalue weighted by Gasteiger charge is 2.45. The minimum atomic E-state index is -4.60. The molecule has 0 saturated carbocycles. The molecular formula is C24H26Cl2F3NO3. The zero-order valence-corrected chi connectivity index (χ0v) is 20.0. The number of rotatable bonds is 9. The lowest BCUT2D eigenvalue weighted by molar-refractivity contribution is -0.178. The summed E-state index contributed by atoms with van der Waals surface area (Å²) < 4.78 is 45.7. The number of alkyl halides is 3. The lowest BCUT2D eigenvalue weighted by Gasteiger charge is -2.26. The summed E-state index contributed by atoms with van der Waals surface area (Å²) in [6.45, 7) is 4.80. The normalized spacial score (nSPS) is 14.3. The van der Waals surface area contributed by atoms with Crippen molar-refractivity contribution in [3.8, 4) is 0 Å². The van der Waals surface area contributed by atoms with E-state index in [0.717, 1.165) is 6.92 Å². The summed E-state index contributed by atoms with van der Waals surface area (Å²) in [5, 5.41) is 3.06. The van der Waals surface area contributed by atoms with E-state index in [2.05, 4.69) is 5.32 Å². The van der Waals surface area contributed by atoms with Crippen LogP contribution in [0.4, 0.5) is 18.9 Å². The molecule has 0 aliphatic heterocycles. The number of ether oxygens (including phenoxy) is 1. The number of nitrogens with one attached hydrogen (secondary N) is 1. The third-order valence-electron chi connectivity index (χ3n) is 5.41. The molecule has 0 spiro atoms. The molecule has 2 aromatic carbocycles. The van der Waals surface area contributed by atoms with E-state index < -0.39 is 23.9 Å². The highest BCUT2D eigenvalue weighted by molar-refractivity contribution is 6.33. The van der Waals surface area contributed by atoms with Gasteiger partial charge in [0, 0.05) is 5.02 Å². The molecule has 3 unspecified atom stereocenters. The van der Waals surface area contributed by atoms with E-state index in [1.54, 1.807) is 19.1 Å². The van der Waals surface area contributed by atoms with E-state index in [4.69, 9.17) is 27.9 Å². The van der Waals surface area contributed by atoms with E-state index in [1.807, 2.05) is 6.92 Å². The Balaban J connectivity index is 2.32. The van der Waals surface area contributed by atoms with Gasteiger partial charge in [-0.3, -0.25) is 9.59 Å². The molecule has 33 heavy (non-hydrogen) atoms. The van der Waals surface area contributed by atoms with Crippen LogP contribution in [0.5, 0.6) is 0 Å². The summed E-state index contributed by atoms with van der Waals surface area (Å²) in [4.78, 5) is 25.2. The van der Waals surface area contributed by atoms with Crippen LogP contribution in [-0.2, 0) is 20.7 Å². The fourth-order valence-corrected chi connectivity index (χ4v) is 3.76. The van der Waals surface area contributed by atoms with Crippen LogP contribution in [0, 0.1) is 11.8 Å². The summed E-state index contributed by atoms with van der Waals surface area (Å²) in [6.07, 6.45) is -3.71. The number of anilines is 1. The first-order chi connectivity index (χ1) is 15.5. The Morgan fingerprint density at radius 3 is 2.24 bits per heavy atom. The van der Waals surface area contributed by atoms with Gasteiger partial charge in [0.15, 0.2) is 0 Å². The SMILES string of the molecule is CCOC(=O)C(CC)Cc1ccc(Cl)c(NC(=O)C(c2ccc(Cl)cc2)C(C)C(F)(F)F)c1. The number of carbonyl (C=O) groups excluding carboxylic acids is 2. The predicted octanol–water partition coefficient (Wildman–Crippen LogP) is 7.05. The third kappa shape index (κ3) is 7.37. The van der Waals surface area contributed by atoms with Gasteiger partial charge in [-0.1, -0.05) is 55.2 Å². The fourth-order valence-electron chi connectivity index (χ4n) is 3.47. The number of amides is 1. The molecule has 1 N–H and O–H groups in total. The fraction of sp³-hybridized carbons (Fsp3) is 0.417. The van der Waals surface area contributed by atoms with Crippen LogP contribution >= 0.6 is 23.2 Å². The molecule has 0 aliphatic carbocycles. The Kier molecular flexibility index (Phi) is 9.61. The van der Waals surface area contributed by atoms with Crippen LogP contribution in [0.3, 0.4) is 0 Å². The summed E-state index contributed by atoms with van der Waals surface area (Å²) >= 11 is 12.1. The summed E-state index contributed by atoms with van der Waals surface area (Å²) in [5.41, 5.74) is 1.05. The number of hydrogen-bond acceptors (Lipinski definition) is 3. The van der Waals surface area contributed by atoms with Crippen LogP contribution in [0.1, 0.15) is 44.2 Å². The molecular weight excluding hydrogens is 478 g/mol. The van der Waals surface area contributed by atoms with Gasteiger partial charge in [0.2, 0.25) is 5.91 Å². The van der Waals surface area contributed by atoms with E-state index in [0.29, 0.717) is 23.4 Å². The molecule has 0 fully saturated rings. The molecule has 1 amide bonds. The van der Waals surface area contributed by atoms with Crippen molar-refractivity contribution in [1.82, 2.24) is 0 Å². The molecule has 0 aliphatic rings. The van der Waals surface area contributed by atoms with E-state index >= 15 is 0 Å². The van der Waals surface area contributed by atoms with Crippen molar-refractivity contribution >= 4 is 40.8 Å². The Hall–Kier alpha value is -2.25. The van der Waals surface area contributed by atoms with Crippen molar-refractivity contribution in [1.29, 1.82) is 0 Å². The molecule has 3 atom stereocenters. The summed E-state index contributed by atoms with van der Waals surface area (Å²) in [7, 11) is 0. The van der Waals surface area contributed by atoms with Crippen molar-refractivity contribution in [2.45, 2.75) is 45.7 Å². The van der Waals surface area contributed by atoms with E-state index in [9.17, 15) is 22.8 Å². The Bertz CT molecular complexity index is 964. The highest BCUT2D eigenvalue weighted by atomic mass is 35.5. The Labute approximate surface area is 201 Å². The van der Waals surface area contributed by atoms with Gasteiger partial charge in [0.1, 0.15) is 0 Å². The zero-order valence-electron chi connectivity index (χ0n) is 18.5. The maximum absolute atomic E-state index is 13.6. The van der Waals surface area contributed by atoms with Gasteiger partial charge in [-0.25, -0.2) is 0 Å². The summed E-state index contributed by atoms with van der Waals surface area (Å²) in [5.74, 6) is -5.03. The first kappa shape index (κ1) is 27.0. The van der Waals surface area contributed by atoms with Gasteiger partial charge in [-0.15, -0.1) is 0 Å². The van der Waals surface area contributed by atoms with Crippen LogP contribution in [0.2, 0.25) is 10.0 Å². The molecule has 180 valence electrons. The average Bonchev–Trinajstić information content (AvgIpc) is 2.75. The average molecular weight is 504 g/mol. The van der Waals surface area contributed by atoms with Crippen molar-refractivity contribution in [2.75, 3.05) is 11.9 Å². The predicted molar refractivity (Wildman–Crippen MR) is 124 cm³/mol. The van der Waals surface area contributed by atoms with Crippen molar-refractivity contribution < 1.29 is 27.5 Å². The number of benzene rings is 2. The van der Waals surface area contributed by atoms with E-state index in [1.165, 1.54) is 30.3 Å². The van der Waals surface area contributed by atoms with Gasteiger partial charge in [-0.2, -0.15) is 13.2 Å². The lowest BCUT2D eigenvalue weighted by atomic mass is 9.85. The Morgan fingerprint density at radius 1 is 1.06 bits per heavy atom. The van der Waals surface area contributed by atoms with Crippen LogP contribution < -0.4 is 5.32 Å². The highest BCUT2D eigenvalue weighted by Crippen LogP contribution is 2.39. The van der Waals surface area contributed by atoms with Gasteiger partial charge in [0.25, 0.3) is 0 Å². The van der Waals surface area contributed by atoms with Gasteiger partial charge in [0.05, 0.1) is 35.1 Å². The molecule has 2 rings (SSSR count). The standard InChI is InChI=1S/C24H26Cl2F3NO3/c1-4-16(23(32)33-5-2)12-15-6-11-19(26)20(13-15)30-22(31)21(14(3)24(27,28)29)17-7-9-18(25)10-8-17/h6-11,13-14,16,21H,4-5,12H2,1-3H3,(H,30,31). The first-order valence-corrected chi connectivity index (χ1v) is 11.3. The molecule has 2 aromatic rings. The van der Waals surface area contributed by atoms with Gasteiger partial charge in [-0.05, 0) is 55.2 Å². The Morgan fingerprint density at radius 2 is 1.70 bits per heavy atom. The van der Waals surface area contributed by atoms with E-state index in [-0.39, 0.29) is 34.8 Å². The number of carbonyl (C=O) groups is 2. The summed E-state index contributed by atoms with van der Waals surface area (Å²) in [6, 6.07) is 10.5. The number of esters is 1. The second-order valence-electron chi connectivity index (χ2n) is 7.72. The zero-order chi connectivity index (χ0) is 24.8. The maximum Gasteiger partial charge on any atom is 0.392 e. The second kappa shape index (κ2) is 11.7. The molecule has 0 heterocycles. The van der Waals surface area contributed by atoms with Crippen LogP contribution in [0.15, 0.2) is 42.5 Å². The topological polar surface area (TPSA) is 55.4 Å². The molecule has 0 bridgehead atoms. The minimum Gasteiger partial charge on any atom is -0.466 e. The van der Waals surface area contributed by atoms with Crippen molar-refractivity contribution in [3.05, 3.63) is 63.6 Å². The molecule has 0 aromatic heterocycles. The van der Waals surface area contributed by atoms with Gasteiger partial charge < -0.3 is 10.1 Å². The van der Waals surface area contributed by atoms with Crippen LogP contribution in [-0.4, -0.2) is 24.7 Å². The van der Waals surface area contributed by atoms with Gasteiger partial charge >= 0.3 is 12.1 Å². The molecule has 0 saturated heterocycles. The lowest BCUT2D eigenvalue weighted by Crippen LogP contribution is -2.34. The molecule has 4 nitrogen and oxygen atoms in total. The second-order valence-corrected chi connectivity index (χ2v) is 8.57. The first-order valence-electron chi connectivity index (χ1n) is 10.6. The maximum atomic E-state index is 13.6. The molecule has 0 radical (unpaired) electrons. The quantitative estimate of drug-likeness (QED) is 0.373. The third-order valence-corrected chi connectivity index (χ3v) is 5.99. The van der Waals surface area contributed by atoms with Crippen molar-refractivity contribution in [2.24, 2.45) is 11.8 Å².